The van der Waals surface area contributed by atoms with E-state index >= 15 is 0 Å². The van der Waals surface area contributed by atoms with E-state index in [1.807, 2.05) is 6.07 Å². The normalized spacial score (nSPS) is 12.9. The van der Waals surface area contributed by atoms with Gasteiger partial charge in [-0.15, -0.1) is 11.3 Å². The number of aromatic nitrogens is 6. The molecule has 172 valence electrons. The second-order valence-electron chi connectivity index (χ2n) is 7.78. The molecule has 1 amide bonds. The van der Waals surface area contributed by atoms with Crippen LogP contribution in [0.4, 0.5) is 10.9 Å². The Morgan fingerprint density at radius 3 is 2.82 bits per heavy atom. The van der Waals surface area contributed by atoms with Crippen molar-refractivity contribution in [2.24, 2.45) is 7.05 Å². The van der Waals surface area contributed by atoms with Crippen molar-refractivity contribution in [1.82, 2.24) is 29.5 Å². The van der Waals surface area contributed by atoms with Gasteiger partial charge in [-0.25, -0.2) is 9.97 Å². The van der Waals surface area contributed by atoms with Gasteiger partial charge in [0.25, 0.3) is 5.91 Å². The number of fused-ring (bicyclic) bond motifs is 1. The van der Waals surface area contributed by atoms with Crippen LogP contribution in [0.15, 0.2) is 37.1 Å². The molecular weight excluding hydrogens is 454 g/mol. The lowest BCUT2D eigenvalue weighted by atomic mass is 10.0. The fraction of sp³-hybridized carbons (Fsp3) is 0.273. The Hall–Kier alpha value is -4.08. The van der Waals surface area contributed by atoms with E-state index in [9.17, 15) is 15.2 Å². The van der Waals surface area contributed by atoms with Crippen LogP contribution in [0.2, 0.25) is 0 Å². The summed E-state index contributed by atoms with van der Waals surface area (Å²) in [6, 6.07) is 4.12. The predicted octanol–water partition coefficient (Wildman–Crippen LogP) is 1.81. The van der Waals surface area contributed by atoms with Crippen LogP contribution in [-0.2, 0) is 26.6 Å². The average molecular weight is 476 g/mol. The fourth-order valence-corrected chi connectivity index (χ4v) is 5.17. The molecule has 0 saturated carbocycles. The number of thiophene rings is 1. The number of nitriles is 1. The van der Waals surface area contributed by atoms with Crippen molar-refractivity contribution in [3.63, 3.8) is 0 Å². The van der Waals surface area contributed by atoms with Crippen molar-refractivity contribution < 1.29 is 9.90 Å². The summed E-state index contributed by atoms with van der Waals surface area (Å²) in [6.45, 7) is 1.62. The summed E-state index contributed by atoms with van der Waals surface area (Å²) in [5, 5.41) is 30.6. The highest BCUT2D eigenvalue weighted by Gasteiger charge is 2.27. The number of nitrogens with zero attached hydrogens (tertiary/aromatic N) is 8. The van der Waals surface area contributed by atoms with Crippen LogP contribution in [0.1, 0.15) is 26.4 Å². The third kappa shape index (κ3) is 4.02. The summed E-state index contributed by atoms with van der Waals surface area (Å²) in [5.74, 6) is 0.301. The number of amides is 1. The number of carbonyl (C=O) groups excluding carboxylic acids is 1. The average Bonchev–Trinajstić information content (AvgIpc) is 3.57. The van der Waals surface area contributed by atoms with Crippen LogP contribution >= 0.6 is 11.3 Å². The highest BCUT2D eigenvalue weighted by atomic mass is 32.1. The number of rotatable bonds is 6. The summed E-state index contributed by atoms with van der Waals surface area (Å²) < 4.78 is 3.27. The molecule has 0 fully saturated rings. The Morgan fingerprint density at radius 1 is 1.29 bits per heavy atom. The lowest BCUT2D eigenvalue weighted by Gasteiger charge is -2.26. The summed E-state index contributed by atoms with van der Waals surface area (Å²) in [5.41, 5.74) is 3.58. The minimum absolute atomic E-state index is 0.0000885. The van der Waals surface area contributed by atoms with Gasteiger partial charge in [-0.1, -0.05) is 0 Å². The van der Waals surface area contributed by atoms with Crippen molar-refractivity contribution in [2.45, 2.75) is 19.5 Å². The van der Waals surface area contributed by atoms with Crippen molar-refractivity contribution in [1.29, 1.82) is 5.26 Å². The summed E-state index contributed by atoms with van der Waals surface area (Å²) in [6.07, 6.45) is 8.96. The van der Waals surface area contributed by atoms with Gasteiger partial charge in [-0.3, -0.25) is 14.2 Å². The Bertz CT molecular complexity index is 1380. The van der Waals surface area contributed by atoms with E-state index in [2.05, 4.69) is 36.5 Å². The zero-order chi connectivity index (χ0) is 23.7. The van der Waals surface area contributed by atoms with Gasteiger partial charge in [0.1, 0.15) is 11.1 Å². The summed E-state index contributed by atoms with van der Waals surface area (Å²) in [7, 11) is 1.74. The van der Waals surface area contributed by atoms with Gasteiger partial charge in [-0.05, 0) is 18.1 Å². The third-order valence-electron chi connectivity index (χ3n) is 5.61. The molecular formula is C22H21N9O2S. The number of anilines is 2. The molecule has 5 heterocycles. The number of carbonyl (C=O) groups is 1. The molecule has 0 unspecified atom stereocenters. The van der Waals surface area contributed by atoms with Crippen LogP contribution in [0.5, 0.6) is 0 Å². The number of aliphatic hydroxyl groups excluding tert-OH is 1. The molecule has 12 heteroatoms. The Morgan fingerprint density at radius 2 is 2.12 bits per heavy atom. The second kappa shape index (κ2) is 9.05. The number of hydrogen-bond acceptors (Lipinski definition) is 9. The molecule has 0 aromatic carbocycles. The van der Waals surface area contributed by atoms with Gasteiger partial charge in [0.15, 0.2) is 0 Å². The van der Waals surface area contributed by atoms with Crippen LogP contribution in [0.3, 0.4) is 0 Å². The van der Waals surface area contributed by atoms with E-state index in [4.69, 9.17) is 0 Å². The molecule has 0 bridgehead atoms. The Labute approximate surface area is 198 Å². The van der Waals surface area contributed by atoms with E-state index < -0.39 is 0 Å². The molecule has 0 spiro atoms. The van der Waals surface area contributed by atoms with E-state index in [0.29, 0.717) is 48.1 Å². The standard InChI is InChI=1S/C22H21N9O2S/c1-29-12-15(11-27-29)20(33)28-21-17(8-23)16-3-5-30(13-19(16)34-21)22-24-9-14(10-25-22)18-2-4-26-31(18)6-7-32/h2,4,9-12,32H,3,5-7,13H2,1H3,(H,28,33). The second-order valence-corrected chi connectivity index (χ2v) is 8.89. The molecule has 34 heavy (non-hydrogen) atoms. The van der Waals surface area contributed by atoms with E-state index in [1.165, 1.54) is 17.5 Å². The van der Waals surface area contributed by atoms with Crippen molar-refractivity contribution in [3.8, 4) is 17.3 Å². The number of nitrogens with one attached hydrogen (secondary N) is 1. The molecule has 0 saturated heterocycles. The lowest BCUT2D eigenvalue weighted by Crippen LogP contribution is -2.31. The molecule has 1 aliphatic rings. The number of aryl methyl sites for hydroxylation is 1. The minimum Gasteiger partial charge on any atom is -0.394 e. The minimum atomic E-state index is -0.292. The highest BCUT2D eigenvalue weighted by molar-refractivity contribution is 7.16. The van der Waals surface area contributed by atoms with Crippen LogP contribution < -0.4 is 10.2 Å². The topological polar surface area (TPSA) is 138 Å². The number of aliphatic hydroxyl groups is 1. The van der Waals surface area contributed by atoms with Gasteiger partial charge in [-0.2, -0.15) is 15.5 Å². The number of hydrogen-bond donors (Lipinski definition) is 2. The van der Waals surface area contributed by atoms with E-state index in [1.54, 1.807) is 41.2 Å². The molecule has 0 radical (unpaired) electrons. The SMILES string of the molecule is Cn1cc(C(=O)Nc2sc3c(c2C#N)CCN(c2ncc(-c4ccnn4CCO)cn2)C3)cn1. The first kappa shape index (κ1) is 21.7. The van der Waals surface area contributed by atoms with Crippen LogP contribution in [-0.4, -0.2) is 53.7 Å². The smallest absolute Gasteiger partial charge is 0.259 e. The predicted molar refractivity (Wildman–Crippen MR) is 125 cm³/mol. The molecule has 4 aromatic heterocycles. The quantitative estimate of drug-likeness (QED) is 0.431. The summed E-state index contributed by atoms with van der Waals surface area (Å²) >= 11 is 1.41. The molecule has 1 aliphatic heterocycles. The fourth-order valence-electron chi connectivity index (χ4n) is 3.96. The van der Waals surface area contributed by atoms with Gasteiger partial charge in [0.2, 0.25) is 5.95 Å². The van der Waals surface area contributed by atoms with Gasteiger partial charge >= 0.3 is 0 Å². The third-order valence-corrected chi connectivity index (χ3v) is 6.74. The van der Waals surface area contributed by atoms with Crippen LogP contribution in [0, 0.1) is 11.3 Å². The maximum absolute atomic E-state index is 12.6. The lowest BCUT2D eigenvalue weighted by molar-refractivity contribution is 0.102. The molecule has 4 aromatic rings. The Kier molecular flexibility index (Phi) is 5.79. The molecule has 11 nitrogen and oxygen atoms in total. The van der Waals surface area contributed by atoms with Crippen molar-refractivity contribution in [3.05, 3.63) is 58.6 Å². The van der Waals surface area contributed by atoms with Gasteiger partial charge < -0.3 is 15.3 Å². The maximum Gasteiger partial charge on any atom is 0.259 e. The van der Waals surface area contributed by atoms with Gasteiger partial charge in [0, 0.05) is 48.8 Å². The van der Waals surface area contributed by atoms with Crippen molar-refractivity contribution in [2.75, 3.05) is 23.4 Å². The zero-order valence-electron chi connectivity index (χ0n) is 18.3. The maximum atomic E-state index is 12.6. The molecule has 5 rings (SSSR count). The molecule has 2 N–H and O–H groups in total. The van der Waals surface area contributed by atoms with Crippen molar-refractivity contribution >= 4 is 28.2 Å². The summed E-state index contributed by atoms with van der Waals surface area (Å²) in [4.78, 5) is 24.7. The largest absolute Gasteiger partial charge is 0.394 e. The molecule has 0 aliphatic carbocycles. The monoisotopic (exact) mass is 475 g/mol. The highest BCUT2D eigenvalue weighted by Crippen LogP contribution is 2.37. The van der Waals surface area contributed by atoms with Gasteiger partial charge in [0.05, 0.1) is 42.7 Å². The van der Waals surface area contributed by atoms with Crippen LogP contribution in [0.25, 0.3) is 11.3 Å². The van der Waals surface area contributed by atoms with E-state index in [0.717, 1.165) is 21.7 Å². The van der Waals surface area contributed by atoms with E-state index in [-0.39, 0.29) is 12.5 Å². The first-order valence-electron chi connectivity index (χ1n) is 10.6. The first-order chi connectivity index (χ1) is 16.6. The zero-order valence-corrected chi connectivity index (χ0v) is 19.2. The first-order valence-corrected chi connectivity index (χ1v) is 11.4. The Balaban J connectivity index is 1.34. The molecule has 0 atom stereocenters.